The predicted molar refractivity (Wildman–Crippen MR) is 58.1 cm³/mol. The molecule has 86 valence electrons. The fourth-order valence-corrected chi connectivity index (χ4v) is 1.96. The molecule has 0 radical (unpaired) electrons. The van der Waals surface area contributed by atoms with Crippen molar-refractivity contribution in [2.45, 2.75) is 23.5 Å². The van der Waals surface area contributed by atoms with Gasteiger partial charge >= 0.3 is 0 Å². The maximum absolute atomic E-state index is 13.1. The number of nitrogens with two attached hydrogens (primary N) is 1. The highest BCUT2D eigenvalue weighted by atomic mass is 32.2. The summed E-state index contributed by atoms with van der Waals surface area (Å²) in [6.07, 6.45) is 1.40. The highest BCUT2D eigenvalue weighted by Gasteiger charge is 2.40. The molecule has 1 fully saturated rings. The molecule has 1 aromatic carbocycles. The van der Waals surface area contributed by atoms with Gasteiger partial charge < -0.3 is 10.8 Å². The quantitative estimate of drug-likeness (QED) is 0.544. The van der Waals surface area contributed by atoms with Gasteiger partial charge in [0, 0.05) is 4.90 Å². The highest BCUT2D eigenvalue weighted by molar-refractivity contribution is 7.97. The first-order chi connectivity index (χ1) is 7.50. The van der Waals surface area contributed by atoms with Crippen LogP contribution in [0.3, 0.4) is 0 Å². The van der Waals surface area contributed by atoms with E-state index in [-0.39, 0.29) is 5.56 Å². The molecule has 16 heavy (non-hydrogen) atoms. The van der Waals surface area contributed by atoms with Gasteiger partial charge in [0.15, 0.2) is 0 Å². The topological polar surface area (TPSA) is 75.4 Å². The van der Waals surface area contributed by atoms with E-state index in [1.807, 2.05) is 0 Å². The molecule has 0 unspecified atom stereocenters. The molecule has 1 aromatic rings. The lowest BCUT2D eigenvalue weighted by molar-refractivity contribution is 0.0996. The summed E-state index contributed by atoms with van der Waals surface area (Å²) in [7, 11) is 0. The third kappa shape index (κ3) is 2.52. The Morgan fingerprint density at radius 1 is 1.56 bits per heavy atom. The van der Waals surface area contributed by atoms with E-state index in [4.69, 9.17) is 5.73 Å². The number of nitrogens with one attached hydrogen (secondary N) is 1. The minimum Gasteiger partial charge on any atom is -0.375 e. The van der Waals surface area contributed by atoms with E-state index in [1.165, 1.54) is 18.2 Å². The number of hydrogen-bond acceptors (Lipinski definition) is 4. The number of halogens is 1. The number of hydrogen-bond donors (Lipinski definition) is 3. The van der Waals surface area contributed by atoms with E-state index >= 15 is 0 Å². The van der Waals surface area contributed by atoms with Crippen molar-refractivity contribution >= 4 is 17.9 Å². The Morgan fingerprint density at radius 3 is 2.81 bits per heavy atom. The minimum atomic E-state index is -0.814. The molecule has 4 N–H and O–H groups in total. The molecule has 6 heteroatoms. The van der Waals surface area contributed by atoms with E-state index in [2.05, 4.69) is 4.72 Å². The Morgan fingerprint density at radius 2 is 2.25 bits per heavy atom. The first-order valence-electron chi connectivity index (χ1n) is 4.76. The Hall–Kier alpha value is -1.11. The van der Waals surface area contributed by atoms with E-state index < -0.39 is 17.4 Å². The van der Waals surface area contributed by atoms with Crippen LogP contribution in [0.25, 0.3) is 0 Å². The summed E-state index contributed by atoms with van der Waals surface area (Å²) < 4.78 is 16.0. The van der Waals surface area contributed by atoms with Gasteiger partial charge in [-0.1, -0.05) is 0 Å². The zero-order valence-electron chi connectivity index (χ0n) is 8.37. The van der Waals surface area contributed by atoms with Crippen LogP contribution in [0.2, 0.25) is 0 Å². The fourth-order valence-electron chi connectivity index (χ4n) is 1.13. The van der Waals surface area contributed by atoms with Crippen LogP contribution < -0.4 is 10.5 Å². The summed E-state index contributed by atoms with van der Waals surface area (Å²) in [6.45, 7) is 0. The molecule has 0 spiro atoms. The summed E-state index contributed by atoms with van der Waals surface area (Å²) >= 11 is 1.16. The van der Waals surface area contributed by atoms with Crippen molar-refractivity contribution in [1.29, 1.82) is 0 Å². The second-order valence-electron chi connectivity index (χ2n) is 3.74. The van der Waals surface area contributed by atoms with E-state index in [0.717, 1.165) is 11.9 Å². The number of primary amides is 1. The molecular weight excluding hydrogens is 231 g/mol. The van der Waals surface area contributed by atoms with Crippen LogP contribution in [0.15, 0.2) is 23.1 Å². The van der Waals surface area contributed by atoms with E-state index in [1.54, 1.807) is 0 Å². The molecule has 0 aromatic heterocycles. The third-order valence-electron chi connectivity index (χ3n) is 2.29. The standard InChI is InChI=1S/C10H11FN2O2S/c11-8-2-1-6(5-7(8)9(12)14)16-13-10(15)3-4-10/h1-2,5,13,15H,3-4H2,(H2,12,14). The van der Waals surface area contributed by atoms with Crippen LogP contribution in [0.4, 0.5) is 4.39 Å². The van der Waals surface area contributed by atoms with Crippen molar-refractivity contribution in [2.75, 3.05) is 0 Å². The zero-order chi connectivity index (χ0) is 11.8. The minimum absolute atomic E-state index is 0.144. The summed E-state index contributed by atoms with van der Waals surface area (Å²) in [6, 6.07) is 4.06. The van der Waals surface area contributed by atoms with Crippen molar-refractivity contribution in [3.05, 3.63) is 29.6 Å². The van der Waals surface area contributed by atoms with Gasteiger partial charge in [-0.2, -0.15) is 0 Å². The maximum atomic E-state index is 13.1. The molecular formula is C10H11FN2O2S. The van der Waals surface area contributed by atoms with Gasteiger partial charge in [-0.3, -0.25) is 4.79 Å². The van der Waals surface area contributed by atoms with Gasteiger partial charge in [-0.15, -0.1) is 0 Å². The Balaban J connectivity index is 2.09. The predicted octanol–water partition coefficient (Wildman–Crippen LogP) is 1.00. The number of rotatable bonds is 4. The molecule has 1 saturated carbocycles. The van der Waals surface area contributed by atoms with E-state index in [0.29, 0.717) is 17.7 Å². The number of amides is 1. The molecule has 0 atom stereocenters. The van der Waals surface area contributed by atoms with Crippen molar-refractivity contribution < 1.29 is 14.3 Å². The summed E-state index contributed by atoms with van der Waals surface area (Å²) in [4.78, 5) is 11.5. The molecule has 2 rings (SSSR count). The largest absolute Gasteiger partial charge is 0.375 e. The highest BCUT2D eigenvalue weighted by Crippen LogP contribution is 2.35. The molecule has 1 aliphatic rings. The molecule has 0 heterocycles. The number of carbonyl (C=O) groups is 1. The zero-order valence-corrected chi connectivity index (χ0v) is 9.18. The second-order valence-corrected chi connectivity index (χ2v) is 4.62. The Kier molecular flexibility index (Phi) is 2.88. The SMILES string of the molecule is NC(=O)c1cc(SNC2(O)CC2)ccc1F. The van der Waals surface area contributed by atoms with Gasteiger partial charge in [0.1, 0.15) is 11.5 Å². The molecule has 1 amide bonds. The van der Waals surface area contributed by atoms with Crippen LogP contribution in [-0.2, 0) is 0 Å². The lowest BCUT2D eigenvalue weighted by Gasteiger charge is -2.09. The molecule has 0 bridgehead atoms. The van der Waals surface area contributed by atoms with Crippen LogP contribution in [-0.4, -0.2) is 16.7 Å². The average Bonchev–Trinajstić information content (AvgIpc) is 2.96. The average molecular weight is 242 g/mol. The van der Waals surface area contributed by atoms with Crippen LogP contribution in [0.1, 0.15) is 23.2 Å². The Bertz CT molecular complexity index is 435. The molecule has 1 aliphatic carbocycles. The van der Waals surface area contributed by atoms with Crippen molar-refractivity contribution in [2.24, 2.45) is 5.73 Å². The van der Waals surface area contributed by atoms with Crippen molar-refractivity contribution in [1.82, 2.24) is 4.72 Å². The summed E-state index contributed by atoms with van der Waals surface area (Å²) in [5.41, 5.74) is 4.06. The Labute approximate surface area is 96.2 Å². The third-order valence-corrected chi connectivity index (χ3v) is 3.26. The first-order valence-corrected chi connectivity index (χ1v) is 5.58. The molecule has 0 saturated heterocycles. The monoisotopic (exact) mass is 242 g/mol. The molecule has 0 aliphatic heterocycles. The maximum Gasteiger partial charge on any atom is 0.251 e. The van der Waals surface area contributed by atoms with Gasteiger partial charge in [0.2, 0.25) is 0 Å². The summed E-state index contributed by atoms with van der Waals surface area (Å²) in [5.74, 6) is -1.44. The van der Waals surface area contributed by atoms with Gasteiger partial charge in [0.25, 0.3) is 5.91 Å². The van der Waals surface area contributed by atoms with Gasteiger partial charge in [-0.25, -0.2) is 9.11 Å². The second kappa shape index (κ2) is 4.04. The smallest absolute Gasteiger partial charge is 0.251 e. The van der Waals surface area contributed by atoms with Gasteiger partial charge in [-0.05, 0) is 43.0 Å². The fraction of sp³-hybridized carbons (Fsp3) is 0.300. The number of aliphatic hydroxyl groups is 1. The lowest BCUT2D eigenvalue weighted by Crippen LogP contribution is -2.23. The number of benzene rings is 1. The van der Waals surface area contributed by atoms with Crippen molar-refractivity contribution in [3.63, 3.8) is 0 Å². The van der Waals surface area contributed by atoms with Crippen LogP contribution in [0.5, 0.6) is 0 Å². The molecule has 4 nitrogen and oxygen atoms in total. The number of carbonyl (C=O) groups excluding carboxylic acids is 1. The lowest BCUT2D eigenvalue weighted by atomic mass is 10.2. The van der Waals surface area contributed by atoms with Crippen molar-refractivity contribution in [3.8, 4) is 0 Å². The normalized spacial score (nSPS) is 17.1. The van der Waals surface area contributed by atoms with Crippen LogP contribution in [0, 0.1) is 5.82 Å². The van der Waals surface area contributed by atoms with Gasteiger partial charge in [0.05, 0.1) is 5.56 Å². The first kappa shape index (κ1) is 11.4. The summed E-state index contributed by atoms with van der Waals surface area (Å²) in [5, 5.41) is 9.53. The van der Waals surface area contributed by atoms with Crippen LogP contribution >= 0.6 is 11.9 Å². The van der Waals surface area contributed by atoms with E-state index in [9.17, 15) is 14.3 Å².